The molecule has 1 atom stereocenters. The molecule has 1 aliphatic rings. The molecule has 0 aromatic carbocycles. The van der Waals surface area contributed by atoms with E-state index < -0.39 is 10.8 Å². The summed E-state index contributed by atoms with van der Waals surface area (Å²) in [4.78, 5) is 1.04. The van der Waals surface area contributed by atoms with Gasteiger partial charge in [-0.15, -0.1) is 0 Å². The first-order valence-corrected chi connectivity index (χ1v) is 5.53. The average molecular weight is 182 g/mol. The van der Waals surface area contributed by atoms with E-state index in [1.807, 2.05) is 6.20 Å². The van der Waals surface area contributed by atoms with Gasteiger partial charge in [0, 0.05) is 11.8 Å². The van der Waals surface area contributed by atoms with Crippen LogP contribution in [0.4, 0.5) is 0 Å². The third-order valence-electron chi connectivity index (χ3n) is 2.23. The van der Waals surface area contributed by atoms with Crippen LogP contribution in [-0.4, -0.2) is 9.96 Å². The van der Waals surface area contributed by atoms with Crippen molar-refractivity contribution in [3.63, 3.8) is 0 Å². The summed E-state index contributed by atoms with van der Waals surface area (Å²) in [5, 5.41) is 0. The molecule has 3 heteroatoms. The summed E-state index contributed by atoms with van der Waals surface area (Å²) in [7, 11) is -0.730. The van der Waals surface area contributed by atoms with E-state index in [2.05, 4.69) is 23.8 Å². The Morgan fingerprint density at radius 1 is 1.67 bits per heavy atom. The van der Waals surface area contributed by atoms with Crippen molar-refractivity contribution >= 4 is 10.8 Å². The van der Waals surface area contributed by atoms with Crippen molar-refractivity contribution in [1.29, 1.82) is 0 Å². The highest BCUT2D eigenvalue weighted by molar-refractivity contribution is 7.85. The summed E-state index contributed by atoms with van der Waals surface area (Å²) >= 11 is 0. The quantitative estimate of drug-likeness (QED) is 0.584. The number of aryl methyl sites for hydroxylation is 2. The maximum atomic E-state index is 11.4. The molecule has 0 radical (unpaired) electrons. The van der Waals surface area contributed by atoms with Gasteiger partial charge in [-0.1, -0.05) is 0 Å². The van der Waals surface area contributed by atoms with Gasteiger partial charge >= 0.3 is 0 Å². The molecule has 1 aromatic rings. The molecule has 0 amide bonds. The van der Waals surface area contributed by atoms with Gasteiger partial charge in [0.1, 0.15) is 11.4 Å². The first kappa shape index (κ1) is 7.92. The van der Waals surface area contributed by atoms with Crippen LogP contribution in [0.15, 0.2) is 23.4 Å². The van der Waals surface area contributed by atoms with E-state index in [-0.39, 0.29) is 0 Å². The monoisotopic (exact) mass is 182 g/mol. The number of nitrogens with zero attached hydrogens (tertiary/aromatic N) is 1. The van der Waals surface area contributed by atoms with Crippen LogP contribution >= 0.6 is 0 Å². The van der Waals surface area contributed by atoms with Crippen molar-refractivity contribution < 1.29 is 8.78 Å². The van der Waals surface area contributed by atoms with E-state index in [0.717, 1.165) is 23.6 Å². The smallest absolute Gasteiger partial charge is 0.185 e. The highest BCUT2D eigenvalue weighted by Crippen LogP contribution is 2.19. The van der Waals surface area contributed by atoms with Gasteiger partial charge in [0.2, 0.25) is 0 Å². The SMILES string of the molecule is CC[n+]1ccc2c(c1)S(=O)CC2. The van der Waals surface area contributed by atoms with E-state index in [1.54, 1.807) is 0 Å². The maximum absolute atomic E-state index is 11.4. The van der Waals surface area contributed by atoms with Crippen molar-refractivity contribution in [3.05, 3.63) is 24.0 Å². The lowest BCUT2D eigenvalue weighted by atomic mass is 10.2. The minimum Gasteiger partial charge on any atom is -0.254 e. The van der Waals surface area contributed by atoms with Crippen LogP contribution < -0.4 is 4.57 Å². The Morgan fingerprint density at radius 3 is 3.25 bits per heavy atom. The van der Waals surface area contributed by atoms with Crippen LogP contribution in [-0.2, 0) is 23.8 Å². The lowest BCUT2D eigenvalue weighted by Gasteiger charge is -1.95. The lowest BCUT2D eigenvalue weighted by molar-refractivity contribution is -0.695. The second-order valence-corrected chi connectivity index (χ2v) is 4.50. The van der Waals surface area contributed by atoms with Crippen molar-refractivity contribution in [1.82, 2.24) is 0 Å². The molecule has 2 heterocycles. The van der Waals surface area contributed by atoms with Gasteiger partial charge in [0.25, 0.3) is 0 Å². The molecule has 0 N–H and O–H groups in total. The molecule has 12 heavy (non-hydrogen) atoms. The predicted molar refractivity (Wildman–Crippen MR) is 47.3 cm³/mol. The van der Waals surface area contributed by atoms with Crippen LogP contribution in [0.5, 0.6) is 0 Å². The molecule has 1 aliphatic heterocycles. The van der Waals surface area contributed by atoms with Crippen molar-refractivity contribution in [3.8, 4) is 0 Å². The minimum absolute atomic E-state index is 0.730. The fourth-order valence-corrected chi connectivity index (χ4v) is 2.81. The minimum atomic E-state index is -0.730. The highest BCUT2D eigenvalue weighted by atomic mass is 32.2. The fraction of sp³-hybridized carbons (Fsp3) is 0.444. The van der Waals surface area contributed by atoms with Gasteiger partial charge in [0.15, 0.2) is 12.4 Å². The Balaban J connectivity index is 2.50. The van der Waals surface area contributed by atoms with Crippen LogP contribution in [0.3, 0.4) is 0 Å². The van der Waals surface area contributed by atoms with E-state index in [9.17, 15) is 4.21 Å². The van der Waals surface area contributed by atoms with Crippen LogP contribution in [0.2, 0.25) is 0 Å². The Bertz CT molecular complexity index is 335. The molecule has 0 bridgehead atoms. The number of fused-ring (bicyclic) bond motifs is 1. The molecule has 0 spiro atoms. The molecule has 64 valence electrons. The number of aromatic nitrogens is 1. The van der Waals surface area contributed by atoms with Gasteiger partial charge in [-0.05, 0) is 18.9 Å². The van der Waals surface area contributed by atoms with Gasteiger partial charge in [-0.25, -0.2) is 4.57 Å². The molecule has 0 saturated carbocycles. The molecule has 0 aliphatic carbocycles. The first-order chi connectivity index (χ1) is 5.81. The van der Waals surface area contributed by atoms with E-state index in [0.29, 0.717) is 0 Å². The predicted octanol–water partition coefficient (Wildman–Crippen LogP) is 0.658. The highest BCUT2D eigenvalue weighted by Gasteiger charge is 2.20. The number of rotatable bonds is 1. The Morgan fingerprint density at radius 2 is 2.50 bits per heavy atom. The largest absolute Gasteiger partial charge is 0.254 e. The van der Waals surface area contributed by atoms with Crippen molar-refractivity contribution in [2.75, 3.05) is 5.75 Å². The third-order valence-corrected chi connectivity index (χ3v) is 3.67. The summed E-state index contributed by atoms with van der Waals surface area (Å²) in [6.45, 7) is 3.04. The zero-order valence-electron chi connectivity index (χ0n) is 7.12. The van der Waals surface area contributed by atoms with Crippen LogP contribution in [0, 0.1) is 0 Å². The molecule has 1 aromatic heterocycles. The molecular formula is C9H12NOS+. The van der Waals surface area contributed by atoms with Gasteiger partial charge in [-0.3, -0.25) is 4.21 Å². The summed E-state index contributed by atoms with van der Waals surface area (Å²) in [6.07, 6.45) is 5.05. The first-order valence-electron chi connectivity index (χ1n) is 4.21. The average Bonchev–Trinajstić information content (AvgIpc) is 2.47. The third kappa shape index (κ3) is 1.18. The Hall–Kier alpha value is -0.700. The molecule has 2 rings (SSSR count). The zero-order valence-corrected chi connectivity index (χ0v) is 7.93. The summed E-state index contributed by atoms with van der Waals surface area (Å²) < 4.78 is 13.5. The van der Waals surface area contributed by atoms with Crippen LogP contribution in [0.25, 0.3) is 0 Å². The van der Waals surface area contributed by atoms with E-state index in [4.69, 9.17) is 0 Å². The lowest BCUT2D eigenvalue weighted by Crippen LogP contribution is -2.31. The molecule has 0 fully saturated rings. The summed E-state index contributed by atoms with van der Waals surface area (Å²) in [6, 6.07) is 2.09. The van der Waals surface area contributed by atoms with Gasteiger partial charge in [-0.2, -0.15) is 0 Å². The summed E-state index contributed by atoms with van der Waals surface area (Å²) in [5.74, 6) is 0.809. The number of hydrogen-bond donors (Lipinski definition) is 0. The summed E-state index contributed by atoms with van der Waals surface area (Å²) in [5.41, 5.74) is 1.26. The normalized spacial score (nSPS) is 20.9. The Kier molecular flexibility index (Phi) is 1.97. The zero-order chi connectivity index (χ0) is 8.55. The number of pyridine rings is 1. The van der Waals surface area contributed by atoms with Crippen molar-refractivity contribution in [2.45, 2.75) is 24.8 Å². The second-order valence-electron chi connectivity index (χ2n) is 2.96. The number of hydrogen-bond acceptors (Lipinski definition) is 1. The molecule has 2 nitrogen and oxygen atoms in total. The standard InChI is InChI=1S/C9H12NOS/c1-2-10-5-3-8-4-6-12(11)9(8)7-10/h3,5,7H,2,4,6H2,1H3/q+1. The second kappa shape index (κ2) is 2.98. The molecular weight excluding hydrogens is 170 g/mol. The van der Waals surface area contributed by atoms with Crippen LogP contribution in [0.1, 0.15) is 12.5 Å². The van der Waals surface area contributed by atoms with E-state index >= 15 is 0 Å². The van der Waals surface area contributed by atoms with Gasteiger partial charge < -0.3 is 0 Å². The fourth-order valence-electron chi connectivity index (χ4n) is 1.47. The van der Waals surface area contributed by atoms with Gasteiger partial charge in [0.05, 0.1) is 10.8 Å². The maximum Gasteiger partial charge on any atom is 0.185 e. The van der Waals surface area contributed by atoms with E-state index in [1.165, 1.54) is 5.56 Å². The molecule has 1 unspecified atom stereocenters. The molecule has 0 saturated heterocycles. The topological polar surface area (TPSA) is 20.9 Å². The van der Waals surface area contributed by atoms with Crippen molar-refractivity contribution in [2.24, 2.45) is 0 Å². The Labute approximate surface area is 74.7 Å².